The van der Waals surface area contributed by atoms with Gasteiger partial charge in [-0.2, -0.15) is 20.1 Å². The molecule has 0 radical (unpaired) electrons. The molecule has 5 nitrogen and oxygen atoms in total. The van der Waals surface area contributed by atoms with Gasteiger partial charge in [0.15, 0.2) is 5.82 Å². The number of amides is 1. The van der Waals surface area contributed by atoms with E-state index in [0.717, 1.165) is 5.56 Å². The molecule has 118 valence electrons. The zero-order valence-electron chi connectivity index (χ0n) is 11.5. The molecule has 0 aliphatic rings. The first-order chi connectivity index (χ1) is 11.0. The number of carbonyl (C=O) groups is 1. The van der Waals surface area contributed by atoms with E-state index in [2.05, 4.69) is 20.5 Å². The predicted molar refractivity (Wildman–Crippen MR) is 85.6 cm³/mol. The Labute approximate surface area is 138 Å². The first kappa shape index (κ1) is 15.6. The van der Waals surface area contributed by atoms with Gasteiger partial charge in [0, 0.05) is 28.4 Å². The van der Waals surface area contributed by atoms with Crippen molar-refractivity contribution in [2.45, 2.75) is 10.4 Å². The van der Waals surface area contributed by atoms with Gasteiger partial charge in [-0.1, -0.05) is 18.2 Å². The van der Waals surface area contributed by atoms with Gasteiger partial charge in [0.1, 0.15) is 0 Å². The Bertz CT molecular complexity index is 790. The summed E-state index contributed by atoms with van der Waals surface area (Å²) in [6, 6.07) is 9.86. The summed E-state index contributed by atoms with van der Waals surface area (Å²) in [6.45, 7) is 0. The summed E-state index contributed by atoms with van der Waals surface area (Å²) in [5.41, 5.74) is 1.05. The number of alkyl halides is 2. The number of nitrogens with zero attached hydrogens (tertiary/aromatic N) is 2. The van der Waals surface area contributed by atoms with Gasteiger partial charge in [0.05, 0.1) is 0 Å². The maximum Gasteiger partial charge on any atom is 0.378 e. The van der Waals surface area contributed by atoms with Crippen molar-refractivity contribution < 1.29 is 13.6 Å². The van der Waals surface area contributed by atoms with Crippen LogP contribution in [0.1, 0.15) is 0 Å². The Balaban J connectivity index is 1.69. The molecule has 3 rings (SSSR count). The summed E-state index contributed by atoms with van der Waals surface area (Å²) < 4.78 is 28.0. The van der Waals surface area contributed by atoms with Crippen LogP contribution in [0.4, 0.5) is 14.5 Å². The zero-order chi connectivity index (χ0) is 16.3. The monoisotopic (exact) mass is 352 g/mol. The summed E-state index contributed by atoms with van der Waals surface area (Å²) in [5.74, 6) is -1.04. The van der Waals surface area contributed by atoms with E-state index in [1.54, 1.807) is 24.3 Å². The summed E-state index contributed by atoms with van der Waals surface area (Å²) >= 11 is 1.45. The molecule has 0 unspecified atom stereocenters. The normalized spacial score (nSPS) is 11.4. The van der Waals surface area contributed by atoms with Crippen molar-refractivity contribution in [1.82, 2.24) is 15.2 Å². The minimum absolute atomic E-state index is 0.00410. The fourth-order valence-electron chi connectivity index (χ4n) is 1.71. The van der Waals surface area contributed by atoms with Crippen molar-refractivity contribution in [2.75, 3.05) is 5.32 Å². The van der Waals surface area contributed by atoms with Crippen molar-refractivity contribution >= 4 is 34.7 Å². The van der Waals surface area contributed by atoms with Gasteiger partial charge in [-0.3, -0.25) is 9.89 Å². The maximum absolute atomic E-state index is 14.0. The highest BCUT2D eigenvalue weighted by Gasteiger charge is 2.41. The second-order valence-electron chi connectivity index (χ2n) is 4.42. The van der Waals surface area contributed by atoms with Gasteiger partial charge in [-0.05, 0) is 23.6 Å². The molecule has 0 saturated carbocycles. The Morgan fingerprint density at radius 3 is 2.74 bits per heavy atom. The molecule has 0 fully saturated rings. The second-order valence-corrected chi connectivity index (χ2v) is 6.28. The van der Waals surface area contributed by atoms with Gasteiger partial charge in [0.25, 0.3) is 0 Å². The number of carbonyl (C=O) groups excluding carboxylic acids is 1. The number of thiophene rings is 1. The molecule has 2 heterocycles. The number of hydrogen-bond donors (Lipinski definition) is 2. The van der Waals surface area contributed by atoms with Crippen LogP contribution in [0.25, 0.3) is 11.4 Å². The van der Waals surface area contributed by atoms with E-state index in [0.29, 0.717) is 11.5 Å². The number of hydrogen-bond acceptors (Lipinski definition) is 5. The first-order valence-electron chi connectivity index (χ1n) is 6.43. The Morgan fingerprint density at radius 1 is 1.26 bits per heavy atom. The van der Waals surface area contributed by atoms with Crippen LogP contribution in [0.15, 0.2) is 52.3 Å². The van der Waals surface area contributed by atoms with Gasteiger partial charge >= 0.3 is 11.2 Å². The van der Waals surface area contributed by atoms with E-state index >= 15 is 0 Å². The summed E-state index contributed by atoms with van der Waals surface area (Å²) in [4.78, 5) is 15.7. The van der Waals surface area contributed by atoms with E-state index in [9.17, 15) is 13.6 Å². The largest absolute Gasteiger partial charge is 0.378 e. The fourth-order valence-corrected chi connectivity index (χ4v) is 2.95. The average molecular weight is 352 g/mol. The molecule has 0 saturated heterocycles. The highest BCUT2D eigenvalue weighted by molar-refractivity contribution is 8.00. The maximum atomic E-state index is 14.0. The Kier molecular flexibility index (Phi) is 4.39. The van der Waals surface area contributed by atoms with Crippen molar-refractivity contribution in [3.63, 3.8) is 0 Å². The minimum atomic E-state index is -3.69. The molecule has 2 aromatic heterocycles. The topological polar surface area (TPSA) is 70.7 Å². The smallest absolute Gasteiger partial charge is 0.320 e. The zero-order valence-corrected chi connectivity index (χ0v) is 13.1. The molecular formula is C14H10F2N4OS2. The molecule has 23 heavy (non-hydrogen) atoms. The number of para-hydroxylation sites is 1. The Hall–Kier alpha value is -2.26. The predicted octanol–water partition coefficient (Wildman–Crippen LogP) is 3.86. The van der Waals surface area contributed by atoms with Crippen LogP contribution in [0, 0.1) is 0 Å². The molecule has 0 bridgehead atoms. The second kappa shape index (κ2) is 6.47. The molecule has 3 aromatic rings. The molecule has 1 aromatic carbocycles. The summed E-state index contributed by atoms with van der Waals surface area (Å²) in [7, 11) is 0. The average Bonchev–Trinajstić information content (AvgIpc) is 3.18. The first-order valence-corrected chi connectivity index (χ1v) is 8.19. The highest BCUT2D eigenvalue weighted by Crippen LogP contribution is 2.35. The number of aromatic nitrogens is 3. The van der Waals surface area contributed by atoms with E-state index in [1.807, 2.05) is 10.8 Å². The molecule has 0 aliphatic carbocycles. The lowest BCUT2D eigenvalue weighted by molar-refractivity contribution is -0.129. The van der Waals surface area contributed by atoms with E-state index < -0.39 is 11.2 Å². The molecular weight excluding hydrogens is 342 g/mol. The van der Waals surface area contributed by atoms with Crippen LogP contribution in [-0.2, 0) is 4.79 Å². The van der Waals surface area contributed by atoms with Crippen LogP contribution in [-0.4, -0.2) is 26.3 Å². The third kappa shape index (κ3) is 3.74. The number of anilines is 1. The van der Waals surface area contributed by atoms with E-state index in [4.69, 9.17) is 0 Å². The number of thioether (sulfide) groups is 1. The molecule has 0 spiro atoms. The highest BCUT2D eigenvalue weighted by atomic mass is 32.2. The molecule has 0 aliphatic heterocycles. The lowest BCUT2D eigenvalue weighted by atomic mass is 10.3. The third-order valence-corrected chi connectivity index (χ3v) is 4.27. The van der Waals surface area contributed by atoms with Gasteiger partial charge in [0.2, 0.25) is 5.16 Å². The summed E-state index contributed by atoms with van der Waals surface area (Å²) in [6.07, 6.45) is 0. The number of halogens is 2. The molecule has 1 amide bonds. The van der Waals surface area contributed by atoms with Crippen LogP contribution in [0.2, 0.25) is 0 Å². The molecule has 0 atom stereocenters. The van der Waals surface area contributed by atoms with Crippen LogP contribution >= 0.6 is 23.1 Å². The minimum Gasteiger partial charge on any atom is -0.320 e. The Morgan fingerprint density at radius 2 is 2.04 bits per heavy atom. The lowest BCUT2D eigenvalue weighted by Gasteiger charge is -2.13. The van der Waals surface area contributed by atoms with Crippen molar-refractivity contribution in [3.8, 4) is 11.4 Å². The SMILES string of the molecule is O=C(Nc1ccccc1)C(F)(F)Sc1n[nH]c(-c2ccsc2)n1. The molecule has 9 heteroatoms. The van der Waals surface area contributed by atoms with Crippen LogP contribution < -0.4 is 5.32 Å². The van der Waals surface area contributed by atoms with Crippen molar-refractivity contribution in [2.24, 2.45) is 0 Å². The van der Waals surface area contributed by atoms with E-state index in [1.165, 1.54) is 23.5 Å². The van der Waals surface area contributed by atoms with Gasteiger partial charge in [-0.15, -0.1) is 5.10 Å². The number of H-pyrrole nitrogens is 1. The number of nitrogens with one attached hydrogen (secondary N) is 2. The van der Waals surface area contributed by atoms with Gasteiger partial charge in [-0.25, -0.2) is 4.98 Å². The lowest BCUT2D eigenvalue weighted by Crippen LogP contribution is -2.31. The third-order valence-electron chi connectivity index (χ3n) is 2.77. The quantitative estimate of drug-likeness (QED) is 0.684. The molecule has 2 N–H and O–H groups in total. The van der Waals surface area contributed by atoms with Crippen LogP contribution in [0.3, 0.4) is 0 Å². The van der Waals surface area contributed by atoms with Gasteiger partial charge < -0.3 is 5.32 Å². The fraction of sp³-hybridized carbons (Fsp3) is 0.0714. The van der Waals surface area contributed by atoms with Crippen LogP contribution in [0.5, 0.6) is 0 Å². The number of aromatic amines is 1. The van der Waals surface area contributed by atoms with Crippen molar-refractivity contribution in [1.29, 1.82) is 0 Å². The number of benzene rings is 1. The standard InChI is InChI=1S/C14H10F2N4OS2/c15-14(16,12(21)17-10-4-2-1-3-5-10)23-13-18-11(19-20-13)9-6-7-22-8-9/h1-8H,(H,17,21)(H,18,19,20). The van der Waals surface area contributed by atoms with E-state index in [-0.39, 0.29) is 16.9 Å². The summed E-state index contributed by atoms with van der Waals surface area (Å²) in [5, 5.41) is 8.23. The van der Waals surface area contributed by atoms with Crippen molar-refractivity contribution in [3.05, 3.63) is 47.2 Å². The number of rotatable bonds is 5.